The molecule has 2 fully saturated rings. The SMILES string of the molecule is CN1CCC(O)(C2(N)CCSCC2)CC1. The molecule has 88 valence electrons. The van der Waals surface area contributed by atoms with E-state index in [4.69, 9.17) is 5.73 Å². The molecule has 0 atom stereocenters. The van der Waals surface area contributed by atoms with E-state index in [1.165, 1.54) is 0 Å². The van der Waals surface area contributed by atoms with E-state index in [0.717, 1.165) is 50.3 Å². The van der Waals surface area contributed by atoms with Gasteiger partial charge in [0.15, 0.2) is 0 Å². The second-order valence-corrected chi connectivity index (χ2v) is 6.33. The van der Waals surface area contributed by atoms with Crippen LogP contribution < -0.4 is 5.73 Å². The van der Waals surface area contributed by atoms with E-state index < -0.39 is 5.60 Å². The Morgan fingerprint density at radius 1 is 1.13 bits per heavy atom. The van der Waals surface area contributed by atoms with Crippen LogP contribution in [0.25, 0.3) is 0 Å². The number of thioether (sulfide) groups is 1. The van der Waals surface area contributed by atoms with E-state index in [9.17, 15) is 5.11 Å². The second-order valence-electron chi connectivity index (χ2n) is 5.10. The van der Waals surface area contributed by atoms with Crippen molar-refractivity contribution in [3.63, 3.8) is 0 Å². The van der Waals surface area contributed by atoms with Gasteiger partial charge in [0.05, 0.1) is 5.60 Å². The lowest BCUT2D eigenvalue weighted by molar-refractivity contribution is -0.0801. The summed E-state index contributed by atoms with van der Waals surface area (Å²) in [4.78, 5) is 2.27. The van der Waals surface area contributed by atoms with Gasteiger partial charge >= 0.3 is 0 Å². The minimum atomic E-state index is -0.611. The molecule has 3 nitrogen and oxygen atoms in total. The van der Waals surface area contributed by atoms with Crippen LogP contribution in [0.2, 0.25) is 0 Å². The van der Waals surface area contributed by atoms with Crippen LogP contribution in [0.3, 0.4) is 0 Å². The maximum Gasteiger partial charge on any atom is 0.0851 e. The Balaban J connectivity index is 2.06. The highest BCUT2D eigenvalue weighted by Gasteiger charge is 2.48. The number of nitrogens with two attached hydrogens (primary N) is 1. The lowest BCUT2D eigenvalue weighted by Crippen LogP contribution is -2.65. The minimum absolute atomic E-state index is 0.320. The predicted octanol–water partition coefficient (Wildman–Crippen LogP) is 0.668. The maximum absolute atomic E-state index is 10.7. The van der Waals surface area contributed by atoms with Crippen LogP contribution in [0.5, 0.6) is 0 Å². The molecule has 0 aliphatic carbocycles. The quantitative estimate of drug-likeness (QED) is 0.695. The molecule has 0 radical (unpaired) electrons. The molecule has 2 rings (SSSR count). The summed E-state index contributed by atoms with van der Waals surface area (Å²) in [5.74, 6) is 2.21. The molecule has 2 heterocycles. The van der Waals surface area contributed by atoms with Crippen molar-refractivity contribution in [3.05, 3.63) is 0 Å². The number of nitrogens with zero attached hydrogens (tertiary/aromatic N) is 1. The van der Waals surface area contributed by atoms with Gasteiger partial charge in [0.25, 0.3) is 0 Å². The molecule has 0 amide bonds. The number of piperidine rings is 1. The minimum Gasteiger partial charge on any atom is -0.388 e. The first-order valence-corrected chi connectivity index (χ1v) is 6.99. The van der Waals surface area contributed by atoms with Gasteiger partial charge in [-0.25, -0.2) is 0 Å². The highest BCUT2D eigenvalue weighted by Crippen LogP contribution is 2.39. The summed E-state index contributed by atoms with van der Waals surface area (Å²) < 4.78 is 0. The molecule has 0 bridgehead atoms. The molecule has 0 aromatic rings. The van der Waals surface area contributed by atoms with Gasteiger partial charge in [-0.15, -0.1) is 0 Å². The average Bonchev–Trinajstić information content (AvgIpc) is 2.24. The van der Waals surface area contributed by atoms with Crippen molar-refractivity contribution in [2.24, 2.45) is 5.73 Å². The van der Waals surface area contributed by atoms with E-state index in [-0.39, 0.29) is 5.54 Å². The first kappa shape index (κ1) is 11.7. The fourth-order valence-electron chi connectivity index (χ4n) is 2.69. The fraction of sp³-hybridized carbons (Fsp3) is 1.00. The van der Waals surface area contributed by atoms with Gasteiger partial charge in [0.2, 0.25) is 0 Å². The van der Waals surface area contributed by atoms with E-state index in [0.29, 0.717) is 0 Å². The molecule has 2 aliphatic rings. The highest BCUT2D eigenvalue weighted by molar-refractivity contribution is 7.99. The molecular weight excluding hydrogens is 208 g/mol. The summed E-state index contributed by atoms with van der Waals surface area (Å²) >= 11 is 1.96. The third-order valence-corrected chi connectivity index (χ3v) is 5.11. The first-order valence-electron chi connectivity index (χ1n) is 5.83. The molecule has 4 heteroatoms. The number of hydrogen-bond acceptors (Lipinski definition) is 4. The third kappa shape index (κ3) is 2.18. The van der Waals surface area contributed by atoms with Crippen molar-refractivity contribution in [1.82, 2.24) is 4.90 Å². The summed E-state index contributed by atoms with van der Waals surface area (Å²) in [6.07, 6.45) is 3.62. The van der Waals surface area contributed by atoms with E-state index in [1.807, 2.05) is 11.8 Å². The van der Waals surface area contributed by atoms with Crippen molar-refractivity contribution in [2.45, 2.75) is 36.8 Å². The zero-order valence-corrected chi connectivity index (χ0v) is 10.4. The Hall–Kier alpha value is 0.230. The van der Waals surface area contributed by atoms with Crippen molar-refractivity contribution in [3.8, 4) is 0 Å². The Morgan fingerprint density at radius 3 is 2.20 bits per heavy atom. The molecular formula is C11H22N2OS. The Bertz CT molecular complexity index is 221. The number of aliphatic hydroxyl groups is 1. The van der Waals surface area contributed by atoms with Crippen LogP contribution in [-0.2, 0) is 0 Å². The van der Waals surface area contributed by atoms with Gasteiger partial charge in [-0.3, -0.25) is 0 Å². The van der Waals surface area contributed by atoms with Gasteiger partial charge in [-0.2, -0.15) is 11.8 Å². The zero-order chi connectivity index (χ0) is 10.9. The first-order chi connectivity index (χ1) is 7.06. The Morgan fingerprint density at radius 2 is 1.67 bits per heavy atom. The largest absolute Gasteiger partial charge is 0.388 e. The lowest BCUT2D eigenvalue weighted by Gasteiger charge is -2.50. The van der Waals surface area contributed by atoms with Crippen molar-refractivity contribution >= 4 is 11.8 Å². The van der Waals surface area contributed by atoms with Crippen LogP contribution in [0, 0.1) is 0 Å². The second kappa shape index (κ2) is 4.24. The Kier molecular flexibility index (Phi) is 3.31. The molecule has 0 unspecified atom stereocenters. The number of hydrogen-bond donors (Lipinski definition) is 2. The van der Waals surface area contributed by atoms with Crippen LogP contribution >= 0.6 is 11.8 Å². The summed E-state index contributed by atoms with van der Waals surface area (Å²) in [5.41, 5.74) is 5.50. The predicted molar refractivity (Wildman–Crippen MR) is 65.2 cm³/mol. The van der Waals surface area contributed by atoms with Crippen molar-refractivity contribution < 1.29 is 5.11 Å². The van der Waals surface area contributed by atoms with Gasteiger partial charge in [0.1, 0.15) is 0 Å². The standard InChI is InChI=1S/C11H22N2OS/c1-13-6-2-11(14,3-7-13)10(12)4-8-15-9-5-10/h14H,2-9,12H2,1H3. The van der Waals surface area contributed by atoms with Crippen molar-refractivity contribution in [1.29, 1.82) is 0 Å². The van der Waals surface area contributed by atoms with Crippen LogP contribution in [0.4, 0.5) is 0 Å². The summed E-state index contributed by atoms with van der Waals surface area (Å²) in [6, 6.07) is 0. The van der Waals surface area contributed by atoms with Gasteiger partial charge in [-0.1, -0.05) is 0 Å². The molecule has 0 spiro atoms. The van der Waals surface area contributed by atoms with Gasteiger partial charge < -0.3 is 15.7 Å². The van der Waals surface area contributed by atoms with Gasteiger partial charge in [-0.05, 0) is 44.2 Å². The molecule has 0 aromatic heterocycles. The maximum atomic E-state index is 10.7. The molecule has 2 saturated heterocycles. The molecule has 15 heavy (non-hydrogen) atoms. The summed E-state index contributed by atoms with van der Waals surface area (Å²) in [7, 11) is 2.11. The third-order valence-electron chi connectivity index (χ3n) is 4.13. The van der Waals surface area contributed by atoms with Crippen LogP contribution in [0.15, 0.2) is 0 Å². The van der Waals surface area contributed by atoms with Crippen molar-refractivity contribution in [2.75, 3.05) is 31.6 Å². The Labute approximate surface area is 96.4 Å². The fourth-order valence-corrected chi connectivity index (χ4v) is 3.91. The molecule has 0 saturated carbocycles. The number of rotatable bonds is 1. The van der Waals surface area contributed by atoms with Crippen LogP contribution in [0.1, 0.15) is 25.7 Å². The monoisotopic (exact) mass is 230 g/mol. The molecule has 2 aliphatic heterocycles. The van der Waals surface area contributed by atoms with Crippen LogP contribution in [-0.4, -0.2) is 52.8 Å². The smallest absolute Gasteiger partial charge is 0.0851 e. The highest BCUT2D eigenvalue weighted by atomic mass is 32.2. The number of likely N-dealkylation sites (tertiary alicyclic amines) is 1. The summed E-state index contributed by atoms with van der Waals surface area (Å²) in [6.45, 7) is 1.95. The topological polar surface area (TPSA) is 49.5 Å². The van der Waals surface area contributed by atoms with E-state index >= 15 is 0 Å². The average molecular weight is 230 g/mol. The molecule has 3 N–H and O–H groups in total. The molecule has 0 aromatic carbocycles. The van der Waals surface area contributed by atoms with Gasteiger partial charge in [0, 0.05) is 18.6 Å². The zero-order valence-electron chi connectivity index (χ0n) is 9.54. The summed E-state index contributed by atoms with van der Waals surface area (Å²) in [5, 5.41) is 10.7. The van der Waals surface area contributed by atoms with E-state index in [1.54, 1.807) is 0 Å². The van der Waals surface area contributed by atoms with E-state index in [2.05, 4.69) is 11.9 Å². The lowest BCUT2D eigenvalue weighted by atomic mass is 9.71. The normalized spacial score (nSPS) is 31.4.